The van der Waals surface area contributed by atoms with Crippen LogP contribution in [0.25, 0.3) is 0 Å². The van der Waals surface area contributed by atoms with E-state index in [9.17, 15) is 27.1 Å². The average molecular weight is 526 g/mol. The number of aliphatic hydroxyl groups is 1. The monoisotopic (exact) mass is 525 g/mol. The highest BCUT2D eigenvalue weighted by molar-refractivity contribution is 7.92. The fraction of sp³-hybridized carbons (Fsp3) is 0.500. The van der Waals surface area contributed by atoms with Gasteiger partial charge < -0.3 is 10.4 Å². The molecule has 0 saturated heterocycles. The normalized spacial score (nSPS) is 27.6. The lowest BCUT2D eigenvalue weighted by molar-refractivity contribution is -0.171. The third-order valence-corrected chi connectivity index (χ3v) is 11.0. The lowest BCUT2D eigenvalue weighted by Crippen LogP contribution is -2.61. The van der Waals surface area contributed by atoms with Crippen LogP contribution in [0.1, 0.15) is 56.8 Å². The Hall–Kier alpha value is -2.03. The number of hydrogen-bond donors (Lipinski definition) is 2. The summed E-state index contributed by atoms with van der Waals surface area (Å²) >= 11 is 6.28. The van der Waals surface area contributed by atoms with Crippen LogP contribution in [-0.2, 0) is 9.84 Å². The largest absolute Gasteiger partial charge is 0.392 e. The van der Waals surface area contributed by atoms with E-state index in [1.54, 1.807) is 0 Å². The molecule has 3 aliphatic rings. The van der Waals surface area contributed by atoms with Crippen molar-refractivity contribution in [3.63, 3.8) is 0 Å². The van der Waals surface area contributed by atoms with Crippen molar-refractivity contribution in [3.05, 3.63) is 58.6 Å². The molecule has 0 aliphatic heterocycles. The number of hydrogen-bond acceptors (Lipinski definition) is 4. The van der Waals surface area contributed by atoms with Crippen molar-refractivity contribution in [1.82, 2.24) is 0 Å². The van der Waals surface area contributed by atoms with Crippen molar-refractivity contribution >= 4 is 33.0 Å². The third kappa shape index (κ3) is 4.49. The zero-order valence-electron chi connectivity index (χ0n) is 19.9. The second-order valence-electron chi connectivity index (χ2n) is 10.2. The van der Waals surface area contributed by atoms with E-state index in [4.69, 9.17) is 11.6 Å². The van der Waals surface area contributed by atoms with Crippen LogP contribution in [0.15, 0.2) is 41.3 Å². The highest BCUT2D eigenvalue weighted by atomic mass is 35.5. The molecule has 3 aliphatic carbocycles. The summed E-state index contributed by atoms with van der Waals surface area (Å²) in [4.78, 5) is 12.6. The molecule has 2 N–H and O–H groups in total. The van der Waals surface area contributed by atoms with Gasteiger partial charge in [0.05, 0.1) is 21.3 Å². The van der Waals surface area contributed by atoms with Crippen LogP contribution in [0.2, 0.25) is 5.02 Å². The van der Waals surface area contributed by atoms with Gasteiger partial charge in [0.1, 0.15) is 0 Å². The first-order valence-electron chi connectivity index (χ1n) is 11.9. The van der Waals surface area contributed by atoms with E-state index >= 15 is 0 Å². The molecule has 0 heterocycles. The standard InChI is InChI=1S/C26H30ClF2NO4S/c1-4-14(2)24(31)26(3)16-10-17(26)12-19(11-16)35(33,34)23-9-15(5-7-20(23)27)25(32)30-18-6-8-21(28)22(29)13-18/h5-9,13-14,16-17,19,24,31H,4,10-12H2,1-3H3,(H,30,32). The van der Waals surface area contributed by atoms with Gasteiger partial charge in [-0.15, -0.1) is 0 Å². The second kappa shape index (κ2) is 9.45. The van der Waals surface area contributed by atoms with Crippen LogP contribution in [0.5, 0.6) is 0 Å². The second-order valence-corrected chi connectivity index (χ2v) is 12.8. The Kier molecular flexibility index (Phi) is 7.03. The molecule has 1 amide bonds. The number of anilines is 1. The van der Waals surface area contributed by atoms with Crippen LogP contribution in [0.4, 0.5) is 14.5 Å². The number of sulfone groups is 1. The van der Waals surface area contributed by atoms with Gasteiger partial charge in [-0.2, -0.15) is 0 Å². The minimum absolute atomic E-state index is 0.0241. The SMILES string of the molecule is CCC(C)C(O)C1(C)C2CC1CC(S(=O)(=O)c1cc(C(=O)Nc3ccc(F)c(F)c3)ccc1Cl)C2. The molecular weight excluding hydrogens is 496 g/mol. The van der Waals surface area contributed by atoms with Gasteiger partial charge in [-0.3, -0.25) is 4.79 Å². The third-order valence-electron chi connectivity index (χ3n) is 8.36. The fourth-order valence-corrected chi connectivity index (χ4v) is 8.25. The molecule has 9 heteroatoms. The van der Waals surface area contributed by atoms with Gasteiger partial charge in [-0.25, -0.2) is 17.2 Å². The van der Waals surface area contributed by atoms with Crippen LogP contribution in [0, 0.1) is 34.8 Å². The molecule has 2 aromatic rings. The Balaban J connectivity index is 1.55. The van der Waals surface area contributed by atoms with Crippen LogP contribution < -0.4 is 5.32 Å². The quantitative estimate of drug-likeness (QED) is 0.474. The van der Waals surface area contributed by atoms with Crippen molar-refractivity contribution in [1.29, 1.82) is 0 Å². The molecule has 35 heavy (non-hydrogen) atoms. The van der Waals surface area contributed by atoms with Gasteiger partial charge in [0.2, 0.25) is 0 Å². The van der Waals surface area contributed by atoms with Crippen molar-refractivity contribution in [3.8, 4) is 0 Å². The van der Waals surface area contributed by atoms with Gasteiger partial charge in [0.15, 0.2) is 21.5 Å². The summed E-state index contributed by atoms with van der Waals surface area (Å²) in [6.45, 7) is 6.13. The van der Waals surface area contributed by atoms with Crippen molar-refractivity contribution in [2.45, 2.75) is 62.7 Å². The first-order chi connectivity index (χ1) is 16.4. The minimum atomic E-state index is -3.84. The summed E-state index contributed by atoms with van der Waals surface area (Å²) < 4.78 is 53.8. The molecule has 0 spiro atoms. The molecule has 3 fully saturated rings. The number of carbonyl (C=O) groups is 1. The van der Waals surface area contributed by atoms with Gasteiger partial charge in [0, 0.05) is 17.3 Å². The van der Waals surface area contributed by atoms with Gasteiger partial charge in [0.25, 0.3) is 5.91 Å². The molecule has 5 nitrogen and oxygen atoms in total. The zero-order chi connectivity index (χ0) is 25.7. The fourth-order valence-electron chi connectivity index (χ4n) is 5.85. The summed E-state index contributed by atoms with van der Waals surface area (Å²) in [6, 6.07) is 6.93. The van der Waals surface area contributed by atoms with Crippen LogP contribution in [-0.4, -0.2) is 30.8 Å². The van der Waals surface area contributed by atoms with E-state index in [0.717, 1.165) is 25.0 Å². The summed E-state index contributed by atoms with van der Waals surface area (Å²) in [5.74, 6) is -2.48. The van der Waals surface area contributed by atoms with Crippen molar-refractivity contribution < 1.29 is 27.1 Å². The number of nitrogens with one attached hydrogen (secondary N) is 1. The lowest BCUT2D eigenvalue weighted by Gasteiger charge is -2.62. The predicted molar refractivity (Wildman–Crippen MR) is 131 cm³/mol. The Morgan fingerprint density at radius 2 is 1.80 bits per heavy atom. The number of fused-ring (bicyclic) bond motifs is 2. The molecule has 3 saturated carbocycles. The maximum atomic E-state index is 13.6. The molecule has 0 aromatic heterocycles. The Morgan fingerprint density at radius 3 is 2.40 bits per heavy atom. The number of benzene rings is 2. The van der Waals surface area contributed by atoms with Gasteiger partial charge in [-0.05, 0) is 72.8 Å². The maximum absolute atomic E-state index is 13.6. The molecule has 2 aromatic carbocycles. The van der Waals surface area contributed by atoms with E-state index in [2.05, 4.69) is 12.2 Å². The molecular formula is C26H30ClF2NO4S. The van der Waals surface area contributed by atoms with E-state index in [1.807, 2.05) is 13.8 Å². The number of rotatable bonds is 7. The molecule has 4 unspecified atom stereocenters. The van der Waals surface area contributed by atoms with Crippen molar-refractivity contribution in [2.24, 2.45) is 23.2 Å². The molecule has 190 valence electrons. The highest BCUT2D eigenvalue weighted by Crippen LogP contribution is 2.63. The van der Waals surface area contributed by atoms with Crippen LogP contribution >= 0.6 is 11.6 Å². The van der Waals surface area contributed by atoms with E-state index in [1.165, 1.54) is 24.3 Å². The minimum Gasteiger partial charge on any atom is -0.392 e. The smallest absolute Gasteiger partial charge is 0.255 e. The highest BCUT2D eigenvalue weighted by Gasteiger charge is 2.61. The Bertz CT molecular complexity index is 1240. The average Bonchev–Trinajstić information content (AvgIpc) is 2.84. The van der Waals surface area contributed by atoms with E-state index in [0.29, 0.717) is 12.8 Å². The molecule has 4 atom stereocenters. The molecule has 0 radical (unpaired) electrons. The first-order valence-corrected chi connectivity index (χ1v) is 13.8. The zero-order valence-corrected chi connectivity index (χ0v) is 21.5. The lowest BCUT2D eigenvalue weighted by atomic mass is 9.45. The Labute approximate surface area is 209 Å². The summed E-state index contributed by atoms with van der Waals surface area (Å²) in [5, 5.41) is 12.8. The van der Waals surface area contributed by atoms with E-state index < -0.39 is 38.7 Å². The predicted octanol–water partition coefficient (Wildman–Crippen LogP) is 5.86. The summed E-state index contributed by atoms with van der Waals surface area (Å²) in [5.41, 5.74) is -0.215. The number of aliphatic hydroxyl groups excluding tert-OH is 1. The number of carbonyl (C=O) groups excluding carboxylic acids is 1. The van der Waals surface area contributed by atoms with Crippen molar-refractivity contribution in [2.75, 3.05) is 5.32 Å². The van der Waals surface area contributed by atoms with Gasteiger partial charge in [-0.1, -0.05) is 38.8 Å². The first kappa shape index (κ1) is 26.0. The molecule has 2 bridgehead atoms. The number of amides is 1. The summed E-state index contributed by atoms with van der Waals surface area (Å²) in [7, 11) is -3.84. The topological polar surface area (TPSA) is 83.5 Å². The molecule has 5 rings (SSSR count). The van der Waals surface area contributed by atoms with Crippen LogP contribution in [0.3, 0.4) is 0 Å². The number of halogens is 3. The van der Waals surface area contributed by atoms with E-state index in [-0.39, 0.29) is 44.3 Å². The maximum Gasteiger partial charge on any atom is 0.255 e. The summed E-state index contributed by atoms with van der Waals surface area (Å²) in [6.07, 6.45) is 2.15. The van der Waals surface area contributed by atoms with Gasteiger partial charge >= 0.3 is 0 Å². The Morgan fingerprint density at radius 1 is 1.14 bits per heavy atom.